The largest absolute Gasteiger partial charge is 0.381 e. The molecule has 2 aliphatic rings. The van der Waals surface area contributed by atoms with Gasteiger partial charge in [-0.3, -0.25) is 0 Å². The van der Waals surface area contributed by atoms with Crippen molar-refractivity contribution in [3.05, 3.63) is 0 Å². The Morgan fingerprint density at radius 2 is 2.10 bits per heavy atom. The molecule has 0 spiro atoms. The number of likely N-dealkylation sites (tertiary alicyclic amines) is 1. The highest BCUT2D eigenvalue weighted by Crippen LogP contribution is 2.21. The van der Waals surface area contributed by atoms with E-state index in [9.17, 15) is 4.79 Å². The van der Waals surface area contributed by atoms with Gasteiger partial charge in [0.2, 0.25) is 0 Å². The van der Waals surface area contributed by atoms with E-state index >= 15 is 0 Å². The van der Waals surface area contributed by atoms with Gasteiger partial charge in [0.15, 0.2) is 0 Å². The van der Waals surface area contributed by atoms with Crippen molar-refractivity contribution in [2.24, 2.45) is 0 Å². The number of hydrogen-bond donors (Lipinski definition) is 1. The van der Waals surface area contributed by atoms with E-state index in [1.807, 2.05) is 11.9 Å². The van der Waals surface area contributed by atoms with Crippen molar-refractivity contribution < 1.29 is 9.53 Å². The molecule has 116 valence electrons. The molecule has 2 fully saturated rings. The van der Waals surface area contributed by atoms with Crippen LogP contribution >= 0.6 is 0 Å². The van der Waals surface area contributed by atoms with E-state index < -0.39 is 0 Å². The van der Waals surface area contributed by atoms with Gasteiger partial charge in [-0.15, -0.1) is 0 Å². The molecule has 2 atom stereocenters. The Balaban J connectivity index is 1.59. The lowest BCUT2D eigenvalue weighted by Crippen LogP contribution is -2.43. The lowest BCUT2D eigenvalue weighted by Gasteiger charge is -2.22. The van der Waals surface area contributed by atoms with Crippen LogP contribution in [0.1, 0.15) is 38.5 Å². The third-order valence-corrected chi connectivity index (χ3v) is 4.56. The van der Waals surface area contributed by atoms with Crippen LogP contribution in [0.15, 0.2) is 0 Å². The first-order valence-electron chi connectivity index (χ1n) is 7.96. The number of nitrogens with one attached hydrogen (secondary N) is 1. The minimum absolute atomic E-state index is 0.0631. The van der Waals surface area contributed by atoms with Crippen LogP contribution in [0, 0.1) is 0 Å². The van der Waals surface area contributed by atoms with Crippen molar-refractivity contribution in [3.63, 3.8) is 0 Å². The number of amides is 2. The van der Waals surface area contributed by atoms with Gasteiger partial charge < -0.3 is 19.9 Å². The van der Waals surface area contributed by atoms with Crippen molar-refractivity contribution in [1.29, 1.82) is 0 Å². The van der Waals surface area contributed by atoms with Crippen molar-refractivity contribution >= 4 is 6.03 Å². The molecule has 2 unspecified atom stereocenters. The van der Waals surface area contributed by atoms with E-state index in [2.05, 4.69) is 10.2 Å². The summed E-state index contributed by atoms with van der Waals surface area (Å²) < 4.78 is 5.33. The van der Waals surface area contributed by atoms with Gasteiger partial charge in [0.1, 0.15) is 0 Å². The number of hydrogen-bond acceptors (Lipinski definition) is 3. The fourth-order valence-electron chi connectivity index (χ4n) is 3.21. The number of carbonyl (C=O) groups is 1. The van der Waals surface area contributed by atoms with E-state index in [1.165, 1.54) is 25.9 Å². The third kappa shape index (κ3) is 4.63. The molecule has 0 bridgehead atoms. The van der Waals surface area contributed by atoms with Gasteiger partial charge >= 0.3 is 6.03 Å². The second-order valence-electron chi connectivity index (χ2n) is 6.14. The van der Waals surface area contributed by atoms with Crippen LogP contribution in [-0.2, 0) is 4.74 Å². The number of ether oxygens (including phenoxy) is 1. The van der Waals surface area contributed by atoms with Gasteiger partial charge in [-0.2, -0.15) is 0 Å². The minimum atomic E-state index is 0.0631. The predicted octanol–water partition coefficient (Wildman–Crippen LogP) is 1.68. The summed E-state index contributed by atoms with van der Waals surface area (Å²) in [4.78, 5) is 16.4. The first-order chi connectivity index (χ1) is 9.69. The zero-order valence-corrected chi connectivity index (χ0v) is 12.9. The summed E-state index contributed by atoms with van der Waals surface area (Å²) >= 11 is 0. The maximum Gasteiger partial charge on any atom is 0.317 e. The number of nitrogens with zero attached hydrogens (tertiary/aromatic N) is 2. The molecule has 5 nitrogen and oxygen atoms in total. The lowest BCUT2D eigenvalue weighted by atomic mass is 10.2. The van der Waals surface area contributed by atoms with Crippen LogP contribution in [0.5, 0.6) is 0 Å². The van der Waals surface area contributed by atoms with Crippen molar-refractivity contribution in [1.82, 2.24) is 15.1 Å². The maximum atomic E-state index is 12.1. The first-order valence-corrected chi connectivity index (χ1v) is 7.96. The highest BCUT2D eigenvalue weighted by molar-refractivity contribution is 5.74. The van der Waals surface area contributed by atoms with Crippen molar-refractivity contribution in [2.75, 3.05) is 40.3 Å². The monoisotopic (exact) mass is 283 g/mol. The zero-order valence-electron chi connectivity index (χ0n) is 12.9. The molecule has 0 radical (unpaired) electrons. The zero-order chi connectivity index (χ0) is 14.4. The molecule has 2 amide bonds. The lowest BCUT2D eigenvalue weighted by molar-refractivity contribution is 0.107. The fourth-order valence-corrected chi connectivity index (χ4v) is 3.21. The van der Waals surface area contributed by atoms with Crippen molar-refractivity contribution in [3.8, 4) is 0 Å². The van der Waals surface area contributed by atoms with Gasteiger partial charge in [-0.1, -0.05) is 0 Å². The van der Waals surface area contributed by atoms with E-state index in [1.54, 1.807) is 7.11 Å². The molecule has 1 heterocycles. The van der Waals surface area contributed by atoms with Crippen LogP contribution in [0.3, 0.4) is 0 Å². The van der Waals surface area contributed by atoms with E-state index in [0.29, 0.717) is 6.10 Å². The molecule has 1 N–H and O–H groups in total. The van der Waals surface area contributed by atoms with Crippen LogP contribution in [0.2, 0.25) is 0 Å². The van der Waals surface area contributed by atoms with Crippen LogP contribution < -0.4 is 5.32 Å². The summed E-state index contributed by atoms with van der Waals surface area (Å²) in [6.07, 6.45) is 7.09. The van der Waals surface area contributed by atoms with Crippen LogP contribution in [-0.4, -0.2) is 68.3 Å². The Bertz CT molecular complexity index is 305. The van der Waals surface area contributed by atoms with Crippen molar-refractivity contribution in [2.45, 2.75) is 50.7 Å². The van der Waals surface area contributed by atoms with Gasteiger partial charge in [-0.05, 0) is 58.2 Å². The Labute approximate surface area is 122 Å². The summed E-state index contributed by atoms with van der Waals surface area (Å²) in [7, 11) is 3.64. The molecule has 1 saturated carbocycles. The number of urea groups is 1. The van der Waals surface area contributed by atoms with Crippen LogP contribution in [0.25, 0.3) is 0 Å². The van der Waals surface area contributed by atoms with E-state index in [-0.39, 0.29) is 12.1 Å². The summed E-state index contributed by atoms with van der Waals surface area (Å²) in [6, 6.07) is 0.349. The molecular formula is C15H29N3O2. The quantitative estimate of drug-likeness (QED) is 0.806. The molecule has 20 heavy (non-hydrogen) atoms. The van der Waals surface area contributed by atoms with Gasteiger partial charge in [0.25, 0.3) is 0 Å². The smallest absolute Gasteiger partial charge is 0.317 e. The SMILES string of the molecule is COC1CCC(NC(=O)N(C)CCCN2CCCC2)C1. The molecule has 0 aromatic rings. The number of rotatable bonds is 6. The van der Waals surface area contributed by atoms with Crippen LogP contribution in [0.4, 0.5) is 4.79 Å². The second kappa shape index (κ2) is 7.84. The summed E-state index contributed by atoms with van der Waals surface area (Å²) in [6.45, 7) is 4.42. The fraction of sp³-hybridized carbons (Fsp3) is 0.933. The predicted molar refractivity (Wildman–Crippen MR) is 79.9 cm³/mol. The average Bonchev–Trinajstić information content (AvgIpc) is 3.09. The second-order valence-corrected chi connectivity index (χ2v) is 6.14. The molecule has 1 saturated heterocycles. The van der Waals surface area contributed by atoms with Gasteiger partial charge in [0, 0.05) is 26.7 Å². The highest BCUT2D eigenvalue weighted by Gasteiger charge is 2.26. The first kappa shape index (κ1) is 15.6. The summed E-state index contributed by atoms with van der Waals surface area (Å²) in [5, 5.41) is 3.11. The molecule has 0 aromatic heterocycles. The maximum absolute atomic E-state index is 12.1. The highest BCUT2D eigenvalue weighted by atomic mass is 16.5. The van der Waals surface area contributed by atoms with Gasteiger partial charge in [0.05, 0.1) is 6.10 Å². The average molecular weight is 283 g/mol. The normalized spacial score (nSPS) is 26.9. The van der Waals surface area contributed by atoms with E-state index in [0.717, 1.165) is 38.8 Å². The molecule has 5 heteroatoms. The Kier molecular flexibility index (Phi) is 6.10. The minimum Gasteiger partial charge on any atom is -0.381 e. The molecule has 2 rings (SSSR count). The number of carbonyl (C=O) groups excluding carboxylic acids is 1. The molecule has 0 aromatic carbocycles. The summed E-state index contributed by atoms with van der Waals surface area (Å²) in [5.41, 5.74) is 0. The Morgan fingerprint density at radius 1 is 1.35 bits per heavy atom. The molecular weight excluding hydrogens is 254 g/mol. The van der Waals surface area contributed by atoms with Gasteiger partial charge in [-0.25, -0.2) is 4.79 Å². The Hall–Kier alpha value is -0.810. The third-order valence-electron chi connectivity index (χ3n) is 4.56. The van der Waals surface area contributed by atoms with E-state index in [4.69, 9.17) is 4.74 Å². The number of methoxy groups -OCH3 is 1. The molecule has 1 aliphatic carbocycles. The topological polar surface area (TPSA) is 44.8 Å². The Morgan fingerprint density at radius 3 is 2.75 bits per heavy atom. The summed E-state index contributed by atoms with van der Waals surface area (Å²) in [5.74, 6) is 0. The standard InChI is InChI=1S/C15H29N3O2/c1-17(8-5-11-18-9-3-4-10-18)15(19)16-13-6-7-14(12-13)20-2/h13-14H,3-12H2,1-2H3,(H,16,19). The molecule has 1 aliphatic heterocycles.